The van der Waals surface area contributed by atoms with Crippen LogP contribution in [0.4, 0.5) is 0 Å². The number of hydrogen-bond donors (Lipinski definition) is 2. The highest BCUT2D eigenvalue weighted by atomic mass is 16.5. The Morgan fingerprint density at radius 3 is 3.00 bits per heavy atom. The van der Waals surface area contributed by atoms with Gasteiger partial charge in [-0.05, 0) is 31.7 Å². The third kappa shape index (κ3) is 3.44. The fraction of sp³-hybridized carbons (Fsp3) is 0.611. The number of amides is 1. The van der Waals surface area contributed by atoms with Gasteiger partial charge in [-0.1, -0.05) is 0 Å². The summed E-state index contributed by atoms with van der Waals surface area (Å²) in [5.41, 5.74) is 1.18. The van der Waals surface area contributed by atoms with E-state index >= 15 is 0 Å². The van der Waals surface area contributed by atoms with E-state index in [0.717, 1.165) is 5.56 Å². The van der Waals surface area contributed by atoms with E-state index in [4.69, 9.17) is 4.74 Å². The number of aryl methyl sites for hydroxylation is 1. The second kappa shape index (κ2) is 7.69. The Morgan fingerprint density at radius 1 is 1.46 bits per heavy atom. The van der Waals surface area contributed by atoms with E-state index in [1.54, 1.807) is 22.7 Å². The van der Waals surface area contributed by atoms with Gasteiger partial charge in [0.15, 0.2) is 5.65 Å². The molecule has 26 heavy (non-hydrogen) atoms. The number of methoxy groups -OCH3 is 1. The van der Waals surface area contributed by atoms with Crippen molar-refractivity contribution in [1.82, 2.24) is 19.5 Å². The van der Waals surface area contributed by atoms with Gasteiger partial charge in [-0.15, -0.1) is 0 Å². The van der Waals surface area contributed by atoms with Gasteiger partial charge in [0.2, 0.25) is 0 Å². The van der Waals surface area contributed by atoms with Gasteiger partial charge >= 0.3 is 0 Å². The van der Waals surface area contributed by atoms with Crippen molar-refractivity contribution in [1.29, 1.82) is 0 Å². The van der Waals surface area contributed by atoms with E-state index in [1.165, 1.54) is 6.20 Å². The van der Waals surface area contributed by atoms with Crippen molar-refractivity contribution in [3.63, 3.8) is 0 Å². The van der Waals surface area contributed by atoms with Crippen molar-refractivity contribution in [3.8, 4) is 0 Å². The lowest BCUT2D eigenvalue weighted by atomic mass is 9.74. The largest absolute Gasteiger partial charge is 0.396 e. The van der Waals surface area contributed by atoms with Crippen molar-refractivity contribution in [2.75, 3.05) is 33.4 Å². The second-order valence-electron chi connectivity index (χ2n) is 7.11. The summed E-state index contributed by atoms with van der Waals surface area (Å²) in [7, 11) is 1.62. The summed E-state index contributed by atoms with van der Waals surface area (Å²) in [5, 5.41) is 24.7. The summed E-state index contributed by atoms with van der Waals surface area (Å²) in [6, 6.07) is 0. The number of nitrogens with zero attached hydrogens (tertiary/aromatic N) is 4. The summed E-state index contributed by atoms with van der Waals surface area (Å²) in [5.74, 6) is -0.173. The molecule has 0 spiro atoms. The number of aliphatic hydroxyl groups is 2. The first kappa shape index (κ1) is 18.8. The van der Waals surface area contributed by atoms with Gasteiger partial charge in [0, 0.05) is 44.6 Å². The standard InChI is InChI=1S/C18H26N4O4/c1-13-8-19-16-14(9-20-22(16)10-13)17(25)21-6-4-15(24)18(11-21,12-23)5-3-7-26-2/h8-10,15,23-24H,3-7,11-12H2,1-2H3/t15-,18+/m1/s1. The predicted octanol–water partition coefficient (Wildman–Crippen LogP) is 0.650. The zero-order valence-electron chi connectivity index (χ0n) is 15.3. The highest BCUT2D eigenvalue weighted by Gasteiger charge is 2.43. The smallest absolute Gasteiger partial charge is 0.259 e. The lowest BCUT2D eigenvalue weighted by molar-refractivity contribution is -0.0744. The molecular weight excluding hydrogens is 336 g/mol. The molecule has 3 rings (SSSR count). The van der Waals surface area contributed by atoms with Crippen LogP contribution in [0.1, 0.15) is 35.2 Å². The van der Waals surface area contributed by atoms with Crippen LogP contribution < -0.4 is 0 Å². The van der Waals surface area contributed by atoms with Crippen molar-refractivity contribution >= 4 is 11.6 Å². The molecule has 2 aromatic rings. The second-order valence-corrected chi connectivity index (χ2v) is 7.11. The van der Waals surface area contributed by atoms with Crippen molar-refractivity contribution < 1.29 is 19.7 Å². The number of aliphatic hydroxyl groups excluding tert-OH is 2. The van der Waals surface area contributed by atoms with Crippen LogP contribution in [0.3, 0.4) is 0 Å². The topological polar surface area (TPSA) is 100 Å². The van der Waals surface area contributed by atoms with E-state index in [1.807, 2.05) is 13.1 Å². The summed E-state index contributed by atoms with van der Waals surface area (Å²) in [6.45, 7) is 3.04. The Bertz CT molecular complexity index is 778. The van der Waals surface area contributed by atoms with Gasteiger partial charge in [-0.2, -0.15) is 5.10 Å². The number of ether oxygens (including phenoxy) is 1. The molecule has 1 aliphatic rings. The third-order valence-corrected chi connectivity index (χ3v) is 5.23. The Labute approximate surface area is 152 Å². The molecule has 0 saturated carbocycles. The van der Waals surface area contributed by atoms with Crippen LogP contribution >= 0.6 is 0 Å². The molecule has 1 saturated heterocycles. The van der Waals surface area contributed by atoms with E-state index < -0.39 is 11.5 Å². The zero-order valence-corrected chi connectivity index (χ0v) is 15.3. The van der Waals surface area contributed by atoms with Crippen LogP contribution in [-0.2, 0) is 4.74 Å². The molecule has 1 amide bonds. The molecule has 8 nitrogen and oxygen atoms in total. The SMILES string of the molecule is COCCC[C@@]1(CO)CN(C(=O)c2cnn3cc(C)cnc23)CC[C@H]1O. The third-order valence-electron chi connectivity index (χ3n) is 5.23. The number of carbonyl (C=O) groups is 1. The summed E-state index contributed by atoms with van der Waals surface area (Å²) in [6.07, 6.45) is 6.16. The van der Waals surface area contributed by atoms with Crippen LogP contribution in [0.5, 0.6) is 0 Å². The number of rotatable bonds is 6. The van der Waals surface area contributed by atoms with Crippen LogP contribution in [0.2, 0.25) is 0 Å². The molecule has 0 aromatic carbocycles. The van der Waals surface area contributed by atoms with Gasteiger partial charge in [0.25, 0.3) is 5.91 Å². The molecule has 2 N–H and O–H groups in total. The lowest BCUT2D eigenvalue weighted by Crippen LogP contribution is -2.55. The molecule has 3 heterocycles. The summed E-state index contributed by atoms with van der Waals surface area (Å²) < 4.78 is 6.68. The van der Waals surface area contributed by atoms with Gasteiger partial charge in [-0.25, -0.2) is 9.50 Å². The minimum Gasteiger partial charge on any atom is -0.396 e. The van der Waals surface area contributed by atoms with Crippen molar-refractivity contribution in [2.45, 2.75) is 32.3 Å². The normalized spacial score (nSPS) is 23.5. The maximum Gasteiger partial charge on any atom is 0.259 e. The number of piperidine rings is 1. The Kier molecular flexibility index (Phi) is 5.55. The fourth-order valence-corrected chi connectivity index (χ4v) is 3.66. The molecule has 1 aliphatic heterocycles. The fourth-order valence-electron chi connectivity index (χ4n) is 3.66. The predicted molar refractivity (Wildman–Crippen MR) is 94.9 cm³/mol. The Balaban J connectivity index is 1.82. The van der Waals surface area contributed by atoms with Gasteiger partial charge in [0.05, 0.1) is 18.9 Å². The number of likely N-dealkylation sites (tertiary alicyclic amines) is 1. The lowest BCUT2D eigenvalue weighted by Gasteiger charge is -2.45. The summed E-state index contributed by atoms with van der Waals surface area (Å²) >= 11 is 0. The molecule has 2 atom stereocenters. The number of hydrogen-bond acceptors (Lipinski definition) is 6. The average molecular weight is 362 g/mol. The van der Waals surface area contributed by atoms with Gasteiger partial charge in [0.1, 0.15) is 5.56 Å². The molecule has 2 aromatic heterocycles. The molecular formula is C18H26N4O4. The van der Waals surface area contributed by atoms with Crippen LogP contribution in [0, 0.1) is 12.3 Å². The maximum absolute atomic E-state index is 13.0. The first-order chi connectivity index (χ1) is 12.5. The van der Waals surface area contributed by atoms with Gasteiger partial charge < -0.3 is 19.8 Å². The van der Waals surface area contributed by atoms with E-state index in [2.05, 4.69) is 10.1 Å². The highest BCUT2D eigenvalue weighted by molar-refractivity contribution is 5.99. The average Bonchev–Trinajstić information content (AvgIpc) is 3.06. The van der Waals surface area contributed by atoms with E-state index in [0.29, 0.717) is 50.2 Å². The molecule has 1 fully saturated rings. The molecule has 142 valence electrons. The molecule has 0 radical (unpaired) electrons. The zero-order chi connectivity index (χ0) is 18.7. The summed E-state index contributed by atoms with van der Waals surface area (Å²) in [4.78, 5) is 19.1. The first-order valence-corrected chi connectivity index (χ1v) is 8.88. The Hall–Kier alpha value is -2.03. The number of fused-ring (bicyclic) bond motifs is 1. The van der Waals surface area contributed by atoms with Crippen LogP contribution in [0.15, 0.2) is 18.6 Å². The van der Waals surface area contributed by atoms with E-state index in [9.17, 15) is 15.0 Å². The monoisotopic (exact) mass is 362 g/mol. The Morgan fingerprint density at radius 2 is 2.27 bits per heavy atom. The molecule has 0 unspecified atom stereocenters. The van der Waals surface area contributed by atoms with E-state index in [-0.39, 0.29) is 12.5 Å². The first-order valence-electron chi connectivity index (χ1n) is 8.88. The van der Waals surface area contributed by atoms with Gasteiger partial charge in [-0.3, -0.25) is 4.79 Å². The molecule has 0 aliphatic carbocycles. The number of aromatic nitrogens is 3. The van der Waals surface area contributed by atoms with Crippen LogP contribution in [-0.4, -0.2) is 75.1 Å². The van der Waals surface area contributed by atoms with Crippen molar-refractivity contribution in [3.05, 3.63) is 29.7 Å². The molecule has 0 bridgehead atoms. The highest BCUT2D eigenvalue weighted by Crippen LogP contribution is 2.35. The minimum absolute atomic E-state index is 0.173. The quantitative estimate of drug-likeness (QED) is 0.732. The maximum atomic E-state index is 13.0. The number of carbonyl (C=O) groups excluding carboxylic acids is 1. The molecule has 8 heteroatoms. The van der Waals surface area contributed by atoms with Crippen molar-refractivity contribution in [2.24, 2.45) is 5.41 Å². The van der Waals surface area contributed by atoms with Crippen LogP contribution in [0.25, 0.3) is 5.65 Å². The minimum atomic E-state index is -0.723.